The molecule has 1 rings (SSSR count). The number of nitrogens with one attached hydrogen (secondary N) is 2. The lowest BCUT2D eigenvalue weighted by Crippen LogP contribution is -2.35. The highest BCUT2D eigenvalue weighted by Crippen LogP contribution is 2.22. The van der Waals surface area contributed by atoms with Gasteiger partial charge in [0.2, 0.25) is 5.91 Å². The van der Waals surface area contributed by atoms with Gasteiger partial charge in [0, 0.05) is 24.4 Å². The van der Waals surface area contributed by atoms with Crippen LogP contribution in [0, 0.1) is 6.92 Å². The maximum atomic E-state index is 10.8. The van der Waals surface area contributed by atoms with Crippen molar-refractivity contribution in [3.05, 3.63) is 10.6 Å². The molecule has 0 bridgehead atoms. The van der Waals surface area contributed by atoms with Crippen LogP contribution in [-0.2, 0) is 16.0 Å². The normalized spacial score (nSPS) is 11.9. The topological polar surface area (TPSA) is 91.3 Å². The number of thiazole rings is 1. The molecule has 7 heteroatoms. The van der Waals surface area contributed by atoms with Crippen LogP contribution in [0.5, 0.6) is 0 Å². The number of carboxylic acid groups (broad SMARTS) is 1. The van der Waals surface area contributed by atoms with E-state index < -0.39 is 5.97 Å². The molecule has 1 unspecified atom stereocenters. The molecule has 0 aromatic carbocycles. The second kappa shape index (κ2) is 6.34. The Balaban J connectivity index is 2.53. The second-order valence-corrected chi connectivity index (χ2v) is 5.28. The minimum atomic E-state index is -0.887. The lowest BCUT2D eigenvalue weighted by atomic mass is 10.3. The molecule has 1 heterocycles. The summed E-state index contributed by atoms with van der Waals surface area (Å²) in [6.07, 6.45) is -0.0642. The standard InChI is InChI=1S/C11H17N3O3S/c1-6(13-8(3)15)5-12-11-14-9(4-10(16)17)7(2)18-11/h6H,4-5H2,1-3H3,(H,12,14)(H,13,15)(H,16,17). The van der Waals surface area contributed by atoms with Crippen LogP contribution in [0.4, 0.5) is 5.13 Å². The Morgan fingerprint density at radius 1 is 1.50 bits per heavy atom. The molecule has 0 aliphatic carbocycles. The summed E-state index contributed by atoms with van der Waals surface area (Å²) in [4.78, 5) is 26.6. The van der Waals surface area contributed by atoms with E-state index in [4.69, 9.17) is 5.11 Å². The number of nitrogens with zero attached hydrogens (tertiary/aromatic N) is 1. The zero-order valence-corrected chi connectivity index (χ0v) is 11.4. The fourth-order valence-corrected chi connectivity index (χ4v) is 2.29. The summed E-state index contributed by atoms with van der Waals surface area (Å²) >= 11 is 1.42. The van der Waals surface area contributed by atoms with Crippen LogP contribution in [0.2, 0.25) is 0 Å². The highest BCUT2D eigenvalue weighted by atomic mass is 32.1. The minimum absolute atomic E-state index is 0.00497. The minimum Gasteiger partial charge on any atom is -0.481 e. The van der Waals surface area contributed by atoms with Gasteiger partial charge >= 0.3 is 5.97 Å². The van der Waals surface area contributed by atoms with E-state index in [2.05, 4.69) is 15.6 Å². The Bertz CT molecular complexity index is 445. The number of amides is 1. The monoisotopic (exact) mass is 271 g/mol. The highest BCUT2D eigenvalue weighted by molar-refractivity contribution is 7.15. The van der Waals surface area contributed by atoms with Gasteiger partial charge in [-0.3, -0.25) is 9.59 Å². The molecule has 0 spiro atoms. The quantitative estimate of drug-likeness (QED) is 0.718. The molecule has 18 heavy (non-hydrogen) atoms. The zero-order valence-electron chi connectivity index (χ0n) is 10.6. The number of hydrogen-bond acceptors (Lipinski definition) is 5. The van der Waals surface area contributed by atoms with Gasteiger partial charge in [-0.05, 0) is 13.8 Å². The van der Waals surface area contributed by atoms with E-state index in [-0.39, 0.29) is 18.4 Å². The summed E-state index contributed by atoms with van der Waals surface area (Å²) in [5.74, 6) is -0.965. The van der Waals surface area contributed by atoms with E-state index in [1.165, 1.54) is 18.3 Å². The average molecular weight is 271 g/mol. The Hall–Kier alpha value is -1.63. The molecule has 0 saturated carbocycles. The van der Waals surface area contributed by atoms with Gasteiger partial charge in [-0.2, -0.15) is 0 Å². The number of aliphatic carboxylic acids is 1. The summed E-state index contributed by atoms with van der Waals surface area (Å²) in [5.41, 5.74) is 0.585. The van der Waals surface area contributed by atoms with Crippen molar-refractivity contribution in [2.45, 2.75) is 33.2 Å². The molecule has 0 aliphatic heterocycles. The van der Waals surface area contributed by atoms with E-state index in [1.807, 2.05) is 13.8 Å². The lowest BCUT2D eigenvalue weighted by Gasteiger charge is -2.12. The first-order chi connectivity index (χ1) is 8.38. The molecule has 1 atom stereocenters. The van der Waals surface area contributed by atoms with Crippen molar-refractivity contribution in [3.63, 3.8) is 0 Å². The molecule has 0 aliphatic rings. The first kappa shape index (κ1) is 14.4. The van der Waals surface area contributed by atoms with Gasteiger partial charge in [-0.15, -0.1) is 11.3 Å². The van der Waals surface area contributed by atoms with Gasteiger partial charge in [0.05, 0.1) is 12.1 Å². The molecule has 0 fully saturated rings. The summed E-state index contributed by atoms with van der Waals surface area (Å²) in [6.45, 7) is 5.75. The molecule has 0 radical (unpaired) electrons. The summed E-state index contributed by atoms with van der Waals surface area (Å²) in [5, 5.41) is 15.2. The van der Waals surface area contributed by atoms with Crippen LogP contribution in [0.25, 0.3) is 0 Å². The molecule has 100 valence electrons. The van der Waals surface area contributed by atoms with Gasteiger partial charge < -0.3 is 15.7 Å². The van der Waals surface area contributed by atoms with E-state index in [1.54, 1.807) is 0 Å². The number of carbonyl (C=O) groups excluding carboxylic acids is 1. The number of aryl methyl sites for hydroxylation is 1. The van der Waals surface area contributed by atoms with Crippen LogP contribution in [-0.4, -0.2) is 34.6 Å². The fourth-order valence-electron chi connectivity index (χ4n) is 1.45. The van der Waals surface area contributed by atoms with Gasteiger partial charge in [0.1, 0.15) is 0 Å². The van der Waals surface area contributed by atoms with Crippen LogP contribution < -0.4 is 10.6 Å². The van der Waals surface area contributed by atoms with Crippen molar-refractivity contribution in [1.29, 1.82) is 0 Å². The largest absolute Gasteiger partial charge is 0.481 e. The van der Waals surface area contributed by atoms with Crippen molar-refractivity contribution in [1.82, 2.24) is 10.3 Å². The van der Waals surface area contributed by atoms with Crippen LogP contribution >= 0.6 is 11.3 Å². The van der Waals surface area contributed by atoms with Gasteiger partial charge in [0.15, 0.2) is 5.13 Å². The van der Waals surface area contributed by atoms with E-state index >= 15 is 0 Å². The van der Waals surface area contributed by atoms with Crippen molar-refractivity contribution >= 4 is 28.3 Å². The van der Waals surface area contributed by atoms with Crippen molar-refractivity contribution in [2.75, 3.05) is 11.9 Å². The number of aromatic nitrogens is 1. The highest BCUT2D eigenvalue weighted by Gasteiger charge is 2.11. The van der Waals surface area contributed by atoms with Crippen LogP contribution in [0.3, 0.4) is 0 Å². The molecular weight excluding hydrogens is 254 g/mol. The fraction of sp³-hybridized carbons (Fsp3) is 0.545. The number of carbonyl (C=O) groups is 2. The Morgan fingerprint density at radius 3 is 2.72 bits per heavy atom. The van der Waals surface area contributed by atoms with Crippen LogP contribution in [0.1, 0.15) is 24.4 Å². The molecular formula is C11H17N3O3S. The first-order valence-corrected chi connectivity index (χ1v) is 6.39. The third-order valence-electron chi connectivity index (χ3n) is 2.22. The Labute approximate surface area is 109 Å². The van der Waals surface area contributed by atoms with E-state index in [9.17, 15) is 9.59 Å². The molecule has 1 amide bonds. The average Bonchev–Trinajstić information content (AvgIpc) is 2.55. The third kappa shape index (κ3) is 4.70. The van der Waals surface area contributed by atoms with Crippen molar-refractivity contribution < 1.29 is 14.7 Å². The SMILES string of the molecule is CC(=O)NC(C)CNc1nc(CC(=O)O)c(C)s1. The lowest BCUT2D eigenvalue weighted by molar-refractivity contribution is -0.136. The predicted octanol–water partition coefficient (Wildman–Crippen LogP) is 1.02. The predicted molar refractivity (Wildman–Crippen MR) is 70.0 cm³/mol. The first-order valence-electron chi connectivity index (χ1n) is 5.57. The number of carboxylic acids is 1. The number of rotatable bonds is 6. The smallest absolute Gasteiger partial charge is 0.309 e. The Kier molecular flexibility index (Phi) is 5.08. The second-order valence-electron chi connectivity index (χ2n) is 4.07. The van der Waals surface area contributed by atoms with Crippen LogP contribution in [0.15, 0.2) is 0 Å². The number of hydrogen-bond donors (Lipinski definition) is 3. The summed E-state index contributed by atoms with van der Waals surface area (Å²) < 4.78 is 0. The van der Waals surface area contributed by atoms with E-state index in [0.29, 0.717) is 17.4 Å². The molecule has 1 aromatic heterocycles. The molecule has 3 N–H and O–H groups in total. The van der Waals surface area contributed by atoms with Gasteiger partial charge in [-0.25, -0.2) is 4.98 Å². The summed E-state index contributed by atoms with van der Waals surface area (Å²) in [7, 11) is 0. The molecule has 1 aromatic rings. The van der Waals surface area contributed by atoms with E-state index in [0.717, 1.165) is 4.88 Å². The summed E-state index contributed by atoms with van der Waals surface area (Å²) in [6, 6.07) is -0.00497. The maximum Gasteiger partial charge on any atom is 0.309 e. The third-order valence-corrected chi connectivity index (χ3v) is 3.19. The van der Waals surface area contributed by atoms with Crippen molar-refractivity contribution in [2.24, 2.45) is 0 Å². The van der Waals surface area contributed by atoms with Gasteiger partial charge in [0.25, 0.3) is 0 Å². The maximum absolute atomic E-state index is 10.8. The molecule has 0 saturated heterocycles. The zero-order chi connectivity index (χ0) is 13.7. The number of anilines is 1. The molecule has 6 nitrogen and oxygen atoms in total. The van der Waals surface area contributed by atoms with Crippen molar-refractivity contribution in [3.8, 4) is 0 Å². The van der Waals surface area contributed by atoms with Gasteiger partial charge in [-0.1, -0.05) is 0 Å². The Morgan fingerprint density at radius 2 is 2.17 bits per heavy atom.